The first-order chi connectivity index (χ1) is 15.9. The molecule has 8 nitrogen and oxygen atoms in total. The summed E-state index contributed by atoms with van der Waals surface area (Å²) in [6, 6.07) is 10.3. The van der Waals surface area contributed by atoms with Crippen molar-refractivity contribution < 1.29 is 33.0 Å². The number of benzene rings is 2. The van der Waals surface area contributed by atoms with Gasteiger partial charge in [-0.2, -0.15) is 0 Å². The lowest BCUT2D eigenvalue weighted by Crippen LogP contribution is -2.30. The predicted molar refractivity (Wildman–Crippen MR) is 117 cm³/mol. The van der Waals surface area contributed by atoms with Gasteiger partial charge in [0.2, 0.25) is 5.91 Å². The lowest BCUT2D eigenvalue weighted by Gasteiger charge is -2.12. The van der Waals surface area contributed by atoms with E-state index in [9.17, 15) is 23.6 Å². The van der Waals surface area contributed by atoms with Crippen LogP contribution in [0.1, 0.15) is 38.1 Å². The summed E-state index contributed by atoms with van der Waals surface area (Å²) >= 11 is 1.08. The number of nitrogens with zero attached hydrogens (tertiary/aromatic N) is 1. The van der Waals surface area contributed by atoms with Gasteiger partial charge in [-0.05, 0) is 36.8 Å². The minimum Gasteiger partial charge on any atom is -0.462 e. The number of thiophene rings is 1. The molecule has 0 radical (unpaired) electrons. The first-order valence-electron chi connectivity index (χ1n) is 10.1. The first-order valence-corrected chi connectivity index (χ1v) is 10.9. The van der Waals surface area contributed by atoms with Gasteiger partial charge in [0.15, 0.2) is 0 Å². The highest BCUT2D eigenvalue weighted by atomic mass is 32.1. The molecule has 2 aromatic carbocycles. The number of nitrogens with one attached hydrogen (secondary N) is 1. The molecule has 0 unspecified atom stereocenters. The highest BCUT2D eigenvalue weighted by Gasteiger charge is 2.28. The maximum absolute atomic E-state index is 14.5. The zero-order valence-corrected chi connectivity index (χ0v) is 18.4. The molecule has 0 bridgehead atoms. The summed E-state index contributed by atoms with van der Waals surface area (Å²) in [5.74, 6) is -2.11. The van der Waals surface area contributed by atoms with Gasteiger partial charge in [-0.3, -0.25) is 9.69 Å². The van der Waals surface area contributed by atoms with E-state index in [0.29, 0.717) is 10.3 Å². The number of esters is 2. The molecule has 0 atom stereocenters. The Morgan fingerprint density at radius 3 is 2.52 bits per heavy atom. The van der Waals surface area contributed by atoms with Crippen LogP contribution in [-0.2, 0) is 27.4 Å². The molecule has 1 N–H and O–H groups in total. The number of ether oxygens (including phenoxy) is 2. The molecular weight excluding hydrogens is 451 g/mol. The van der Waals surface area contributed by atoms with E-state index < -0.39 is 23.8 Å². The SMILES string of the molecule is CCOC(=O)c1sc2cccc(F)c2c1COC(=O)c1ccc(CN2C(=O)CNC2=O)cc1. The maximum atomic E-state index is 14.5. The number of carbonyl (C=O) groups is 4. The summed E-state index contributed by atoms with van der Waals surface area (Å²) in [7, 11) is 0. The average molecular weight is 470 g/mol. The zero-order valence-electron chi connectivity index (χ0n) is 17.6. The monoisotopic (exact) mass is 470 g/mol. The molecule has 1 aliphatic rings. The van der Waals surface area contributed by atoms with Crippen LogP contribution in [0.4, 0.5) is 9.18 Å². The molecule has 0 aliphatic carbocycles. The van der Waals surface area contributed by atoms with Crippen molar-refractivity contribution in [2.45, 2.75) is 20.1 Å². The second kappa shape index (κ2) is 9.37. The third-order valence-electron chi connectivity index (χ3n) is 5.04. The summed E-state index contributed by atoms with van der Waals surface area (Å²) in [5, 5.41) is 2.67. The Bertz CT molecular complexity index is 1240. The fourth-order valence-corrected chi connectivity index (χ4v) is 4.55. The Balaban J connectivity index is 1.49. The van der Waals surface area contributed by atoms with E-state index in [1.165, 1.54) is 18.2 Å². The number of rotatable bonds is 7. The number of urea groups is 1. The van der Waals surface area contributed by atoms with Crippen molar-refractivity contribution in [2.24, 2.45) is 0 Å². The summed E-state index contributed by atoms with van der Waals surface area (Å²) < 4.78 is 25.5. The van der Waals surface area contributed by atoms with Gasteiger partial charge in [0.05, 0.1) is 25.3 Å². The lowest BCUT2D eigenvalue weighted by atomic mass is 10.1. The van der Waals surface area contributed by atoms with Crippen molar-refractivity contribution in [3.63, 3.8) is 0 Å². The summed E-state index contributed by atoms with van der Waals surface area (Å²) in [5.41, 5.74) is 1.15. The van der Waals surface area contributed by atoms with Crippen LogP contribution >= 0.6 is 11.3 Å². The Morgan fingerprint density at radius 1 is 1.09 bits per heavy atom. The van der Waals surface area contributed by atoms with E-state index in [1.807, 2.05) is 0 Å². The van der Waals surface area contributed by atoms with Crippen LogP contribution in [0.5, 0.6) is 0 Å². The molecule has 10 heteroatoms. The number of hydrogen-bond donors (Lipinski definition) is 1. The van der Waals surface area contributed by atoms with Crippen molar-refractivity contribution in [1.82, 2.24) is 10.2 Å². The standard InChI is InChI=1S/C23H19FN2O6S/c1-2-31-22(29)20-15(19-16(24)4-3-5-17(19)33-20)12-32-21(28)14-8-6-13(7-9-14)11-26-18(27)10-25-23(26)30/h3-9H,2,10-12H2,1H3,(H,25,30). The van der Waals surface area contributed by atoms with Gasteiger partial charge in [-0.15, -0.1) is 11.3 Å². The molecule has 3 amide bonds. The highest BCUT2D eigenvalue weighted by molar-refractivity contribution is 7.21. The Morgan fingerprint density at radius 2 is 1.85 bits per heavy atom. The van der Waals surface area contributed by atoms with Gasteiger partial charge in [0, 0.05) is 15.6 Å². The van der Waals surface area contributed by atoms with Gasteiger partial charge in [0.25, 0.3) is 0 Å². The molecule has 2 heterocycles. The molecule has 0 spiro atoms. The van der Waals surface area contributed by atoms with Gasteiger partial charge in [-0.25, -0.2) is 18.8 Å². The van der Waals surface area contributed by atoms with Crippen molar-refractivity contribution in [3.05, 3.63) is 69.8 Å². The number of amides is 3. The molecule has 1 fully saturated rings. The molecule has 0 saturated carbocycles. The normalized spacial score (nSPS) is 13.3. The molecular formula is C23H19FN2O6S. The van der Waals surface area contributed by atoms with Crippen LogP contribution in [0.3, 0.4) is 0 Å². The fraction of sp³-hybridized carbons (Fsp3) is 0.217. The van der Waals surface area contributed by atoms with Gasteiger partial charge in [-0.1, -0.05) is 18.2 Å². The molecule has 170 valence electrons. The Kier molecular flexibility index (Phi) is 6.36. The second-order valence-electron chi connectivity index (χ2n) is 7.15. The van der Waals surface area contributed by atoms with Crippen LogP contribution in [-0.4, -0.2) is 41.9 Å². The van der Waals surface area contributed by atoms with Crippen LogP contribution in [0.25, 0.3) is 10.1 Å². The molecule has 1 aromatic heterocycles. The number of halogens is 1. The van der Waals surface area contributed by atoms with Crippen molar-refractivity contribution in [3.8, 4) is 0 Å². The Labute approximate surface area is 191 Å². The molecule has 4 rings (SSSR count). The van der Waals surface area contributed by atoms with Gasteiger partial charge in [0.1, 0.15) is 17.3 Å². The smallest absolute Gasteiger partial charge is 0.348 e. The Hall–Kier alpha value is -3.79. The van der Waals surface area contributed by atoms with E-state index in [4.69, 9.17) is 9.47 Å². The minimum absolute atomic E-state index is 0.0328. The van der Waals surface area contributed by atoms with Crippen molar-refractivity contribution in [2.75, 3.05) is 13.2 Å². The van der Waals surface area contributed by atoms with Crippen molar-refractivity contribution >= 4 is 45.3 Å². The maximum Gasteiger partial charge on any atom is 0.348 e. The predicted octanol–water partition coefficient (Wildman–Crippen LogP) is 3.63. The lowest BCUT2D eigenvalue weighted by molar-refractivity contribution is -0.125. The molecule has 1 aliphatic heterocycles. The van der Waals surface area contributed by atoms with Gasteiger partial charge >= 0.3 is 18.0 Å². The zero-order chi connectivity index (χ0) is 23.5. The van der Waals surface area contributed by atoms with Crippen LogP contribution in [0.2, 0.25) is 0 Å². The quantitative estimate of drug-likeness (QED) is 0.418. The topological polar surface area (TPSA) is 102 Å². The number of fused-ring (bicyclic) bond motifs is 1. The number of hydrogen-bond acceptors (Lipinski definition) is 7. The van der Waals surface area contributed by atoms with Crippen LogP contribution in [0.15, 0.2) is 42.5 Å². The number of carbonyl (C=O) groups excluding carboxylic acids is 4. The largest absolute Gasteiger partial charge is 0.462 e. The van der Waals surface area contributed by atoms with E-state index in [0.717, 1.165) is 16.2 Å². The highest BCUT2D eigenvalue weighted by Crippen LogP contribution is 2.34. The third kappa shape index (κ3) is 4.56. The second-order valence-corrected chi connectivity index (χ2v) is 8.21. The summed E-state index contributed by atoms with van der Waals surface area (Å²) in [4.78, 5) is 49.6. The summed E-state index contributed by atoms with van der Waals surface area (Å²) in [6.45, 7) is 1.57. The van der Waals surface area contributed by atoms with Crippen LogP contribution in [0, 0.1) is 5.82 Å². The molecule has 3 aromatic rings. The van der Waals surface area contributed by atoms with E-state index in [2.05, 4.69) is 5.32 Å². The van der Waals surface area contributed by atoms with Crippen molar-refractivity contribution in [1.29, 1.82) is 0 Å². The van der Waals surface area contributed by atoms with Crippen LogP contribution < -0.4 is 5.32 Å². The van der Waals surface area contributed by atoms with Gasteiger partial charge < -0.3 is 14.8 Å². The fourth-order valence-electron chi connectivity index (χ4n) is 3.43. The average Bonchev–Trinajstić information content (AvgIpc) is 3.34. The summed E-state index contributed by atoms with van der Waals surface area (Å²) in [6.07, 6.45) is 0. The molecule has 1 saturated heterocycles. The first kappa shape index (κ1) is 22.4. The molecule has 33 heavy (non-hydrogen) atoms. The minimum atomic E-state index is -0.665. The third-order valence-corrected chi connectivity index (χ3v) is 6.22. The van der Waals surface area contributed by atoms with E-state index >= 15 is 0 Å². The van der Waals surface area contributed by atoms with E-state index in [1.54, 1.807) is 31.2 Å². The van der Waals surface area contributed by atoms with E-state index in [-0.39, 0.29) is 53.6 Å². The number of imide groups is 1.